The monoisotopic (exact) mass is 225 g/mol. The maximum absolute atomic E-state index is 12.7. The number of carbonyl (C=O) groups is 1. The third-order valence-corrected chi connectivity index (χ3v) is 3.57. The van der Waals surface area contributed by atoms with E-state index in [2.05, 4.69) is 12.2 Å². The normalized spacial score (nSPS) is 38.1. The van der Waals surface area contributed by atoms with E-state index in [-0.39, 0.29) is 11.7 Å². The number of rotatable bonds is 5. The zero-order chi connectivity index (χ0) is 11.7. The lowest BCUT2D eigenvalue weighted by Crippen LogP contribution is -2.51. The highest BCUT2D eigenvalue weighted by atomic mass is 19.1. The maximum atomic E-state index is 12.7. The summed E-state index contributed by atoms with van der Waals surface area (Å²) in [5.74, 6) is -0.343. The molecule has 2 fully saturated rings. The number of halogens is 1. The van der Waals surface area contributed by atoms with Gasteiger partial charge in [0.2, 0.25) is 0 Å². The number of ketones is 1. The first kappa shape index (κ1) is 11.8. The van der Waals surface area contributed by atoms with E-state index in [9.17, 15) is 9.18 Å². The SMILES string of the molecule is CCC1CC(CC(C)=CC(=O)C2CC2F)N1. The van der Waals surface area contributed by atoms with Gasteiger partial charge >= 0.3 is 0 Å². The molecule has 1 saturated carbocycles. The van der Waals surface area contributed by atoms with Gasteiger partial charge < -0.3 is 5.32 Å². The summed E-state index contributed by atoms with van der Waals surface area (Å²) in [5, 5.41) is 3.46. The summed E-state index contributed by atoms with van der Waals surface area (Å²) in [4.78, 5) is 11.5. The molecule has 2 nitrogen and oxygen atoms in total. The predicted octanol–water partition coefficient (Wildman–Crippen LogP) is 2.39. The molecule has 0 aromatic rings. The van der Waals surface area contributed by atoms with Gasteiger partial charge in [0.15, 0.2) is 5.78 Å². The molecule has 90 valence electrons. The lowest BCUT2D eigenvalue weighted by Gasteiger charge is -2.37. The van der Waals surface area contributed by atoms with E-state index < -0.39 is 6.17 Å². The van der Waals surface area contributed by atoms with Crippen LogP contribution in [0.1, 0.15) is 39.5 Å². The third kappa shape index (κ3) is 2.70. The molecule has 0 radical (unpaired) electrons. The highest BCUT2D eigenvalue weighted by molar-refractivity contribution is 5.94. The average molecular weight is 225 g/mol. The van der Waals surface area contributed by atoms with Crippen molar-refractivity contribution in [2.45, 2.75) is 57.8 Å². The van der Waals surface area contributed by atoms with Gasteiger partial charge in [-0.3, -0.25) is 4.79 Å². The number of alkyl halides is 1. The zero-order valence-corrected chi connectivity index (χ0v) is 10.0. The fourth-order valence-corrected chi connectivity index (χ4v) is 2.34. The van der Waals surface area contributed by atoms with E-state index in [0.717, 1.165) is 12.0 Å². The Hall–Kier alpha value is -0.700. The van der Waals surface area contributed by atoms with Gasteiger partial charge in [-0.15, -0.1) is 0 Å². The minimum atomic E-state index is -0.872. The molecule has 16 heavy (non-hydrogen) atoms. The Labute approximate surface area is 96.3 Å². The van der Waals surface area contributed by atoms with Crippen molar-refractivity contribution in [3.63, 3.8) is 0 Å². The van der Waals surface area contributed by atoms with Gasteiger partial charge in [-0.05, 0) is 38.7 Å². The molecule has 0 aromatic carbocycles. The second-order valence-corrected chi connectivity index (χ2v) is 5.16. The minimum absolute atomic E-state index is 0.0173. The van der Waals surface area contributed by atoms with Crippen molar-refractivity contribution >= 4 is 5.78 Å². The highest BCUT2D eigenvalue weighted by Gasteiger charge is 2.42. The van der Waals surface area contributed by atoms with E-state index in [0.29, 0.717) is 18.5 Å². The van der Waals surface area contributed by atoms with Crippen molar-refractivity contribution in [1.82, 2.24) is 5.32 Å². The van der Waals surface area contributed by atoms with E-state index in [1.807, 2.05) is 6.92 Å². The number of allylic oxidation sites excluding steroid dienone is 1. The molecular formula is C13H20FNO. The Balaban J connectivity index is 1.73. The van der Waals surface area contributed by atoms with Crippen molar-refractivity contribution in [3.8, 4) is 0 Å². The first-order valence-electron chi connectivity index (χ1n) is 6.21. The van der Waals surface area contributed by atoms with Crippen LogP contribution >= 0.6 is 0 Å². The molecule has 0 bridgehead atoms. The van der Waals surface area contributed by atoms with Crippen LogP contribution in [0.5, 0.6) is 0 Å². The number of nitrogens with one attached hydrogen (secondary N) is 1. The Kier molecular flexibility index (Phi) is 3.43. The van der Waals surface area contributed by atoms with Crippen LogP contribution in [-0.4, -0.2) is 24.0 Å². The van der Waals surface area contributed by atoms with Crippen molar-refractivity contribution in [2.75, 3.05) is 0 Å². The first-order chi connectivity index (χ1) is 7.60. The summed E-state index contributed by atoms with van der Waals surface area (Å²) in [6, 6.07) is 1.18. The number of hydrogen-bond donors (Lipinski definition) is 1. The van der Waals surface area contributed by atoms with Crippen LogP contribution in [0, 0.1) is 5.92 Å². The smallest absolute Gasteiger partial charge is 0.161 e. The lowest BCUT2D eigenvalue weighted by atomic mass is 9.90. The second-order valence-electron chi connectivity index (χ2n) is 5.16. The summed E-state index contributed by atoms with van der Waals surface area (Å²) < 4.78 is 12.7. The average Bonchev–Trinajstić information content (AvgIpc) is 2.88. The van der Waals surface area contributed by atoms with Gasteiger partial charge in [-0.1, -0.05) is 12.5 Å². The molecule has 1 aliphatic heterocycles. The quantitative estimate of drug-likeness (QED) is 0.728. The topological polar surface area (TPSA) is 29.1 Å². The van der Waals surface area contributed by atoms with Gasteiger partial charge in [-0.2, -0.15) is 0 Å². The summed E-state index contributed by atoms with van der Waals surface area (Å²) >= 11 is 0. The van der Waals surface area contributed by atoms with Crippen LogP contribution in [0.3, 0.4) is 0 Å². The summed E-state index contributed by atoms with van der Waals surface area (Å²) in [7, 11) is 0. The van der Waals surface area contributed by atoms with Gasteiger partial charge in [0, 0.05) is 12.1 Å². The molecule has 3 heteroatoms. The van der Waals surface area contributed by atoms with Gasteiger partial charge in [0.1, 0.15) is 6.17 Å². The zero-order valence-electron chi connectivity index (χ0n) is 10.0. The van der Waals surface area contributed by atoms with Gasteiger partial charge in [0.05, 0.1) is 5.92 Å². The fourth-order valence-electron chi connectivity index (χ4n) is 2.34. The summed E-state index contributed by atoms with van der Waals surface area (Å²) in [6.45, 7) is 4.14. The van der Waals surface area contributed by atoms with Crippen molar-refractivity contribution < 1.29 is 9.18 Å². The predicted molar refractivity (Wildman–Crippen MR) is 62.0 cm³/mol. The molecule has 4 unspecified atom stereocenters. The molecule has 4 atom stereocenters. The fraction of sp³-hybridized carbons (Fsp3) is 0.769. The maximum Gasteiger partial charge on any atom is 0.161 e. The molecule has 1 N–H and O–H groups in total. The lowest BCUT2D eigenvalue weighted by molar-refractivity contribution is -0.116. The van der Waals surface area contributed by atoms with E-state index in [1.165, 1.54) is 12.8 Å². The Bertz CT molecular complexity index is 307. The van der Waals surface area contributed by atoms with Crippen LogP contribution in [0.4, 0.5) is 4.39 Å². The third-order valence-electron chi connectivity index (χ3n) is 3.57. The molecule has 0 aromatic heterocycles. The van der Waals surface area contributed by atoms with Crippen molar-refractivity contribution in [2.24, 2.45) is 5.92 Å². The molecule has 1 saturated heterocycles. The molecule has 2 rings (SSSR count). The summed E-state index contributed by atoms with van der Waals surface area (Å²) in [6.07, 6.45) is 4.50. The summed E-state index contributed by atoms with van der Waals surface area (Å²) in [5.41, 5.74) is 1.08. The first-order valence-corrected chi connectivity index (χ1v) is 6.21. The molecule has 1 heterocycles. The Morgan fingerprint density at radius 2 is 2.06 bits per heavy atom. The largest absolute Gasteiger partial charge is 0.311 e. The van der Waals surface area contributed by atoms with Crippen LogP contribution in [-0.2, 0) is 4.79 Å². The van der Waals surface area contributed by atoms with Crippen LogP contribution < -0.4 is 5.32 Å². The minimum Gasteiger partial charge on any atom is -0.311 e. The highest BCUT2D eigenvalue weighted by Crippen LogP contribution is 2.35. The number of carbonyl (C=O) groups excluding carboxylic acids is 1. The molecule has 2 aliphatic rings. The Morgan fingerprint density at radius 3 is 2.56 bits per heavy atom. The molecule has 1 aliphatic carbocycles. The van der Waals surface area contributed by atoms with Crippen LogP contribution in [0.2, 0.25) is 0 Å². The van der Waals surface area contributed by atoms with Crippen LogP contribution in [0.15, 0.2) is 11.6 Å². The number of hydrogen-bond acceptors (Lipinski definition) is 2. The second kappa shape index (κ2) is 4.66. The van der Waals surface area contributed by atoms with Crippen molar-refractivity contribution in [3.05, 3.63) is 11.6 Å². The van der Waals surface area contributed by atoms with E-state index in [4.69, 9.17) is 0 Å². The standard InChI is InChI=1S/C13H20FNO/c1-3-9-6-10(15-9)4-8(2)5-13(16)11-7-12(11)14/h5,9-12,15H,3-4,6-7H2,1-2H3. The van der Waals surface area contributed by atoms with E-state index >= 15 is 0 Å². The Morgan fingerprint density at radius 1 is 1.44 bits per heavy atom. The van der Waals surface area contributed by atoms with Crippen molar-refractivity contribution in [1.29, 1.82) is 0 Å². The molecule has 0 amide bonds. The van der Waals surface area contributed by atoms with Gasteiger partial charge in [-0.25, -0.2) is 4.39 Å². The molecule has 0 spiro atoms. The van der Waals surface area contributed by atoms with Crippen LogP contribution in [0.25, 0.3) is 0 Å². The van der Waals surface area contributed by atoms with Gasteiger partial charge in [0.25, 0.3) is 0 Å². The molecular weight excluding hydrogens is 205 g/mol. The van der Waals surface area contributed by atoms with E-state index in [1.54, 1.807) is 6.08 Å².